The lowest BCUT2D eigenvalue weighted by Gasteiger charge is -2.26. The minimum absolute atomic E-state index is 0.442. The number of para-hydroxylation sites is 1. The first-order valence-electron chi connectivity index (χ1n) is 22.9. The Labute approximate surface area is 406 Å². The van der Waals surface area contributed by atoms with Gasteiger partial charge in [0.25, 0.3) is 0 Å². The molecule has 7 heteroatoms. The molecule has 318 valence electrons. The van der Waals surface area contributed by atoms with Gasteiger partial charge in [-0.25, -0.2) is 4.85 Å². The van der Waals surface area contributed by atoms with Gasteiger partial charge < -0.3 is 9.13 Å². The largest absolute Gasteiger partial charge is 0.305 e. The van der Waals surface area contributed by atoms with Crippen molar-refractivity contribution < 1.29 is 0 Å². The topological polar surface area (TPSA) is 38.0 Å². The molecule has 0 spiro atoms. The van der Waals surface area contributed by atoms with Crippen LogP contribution in [0.4, 0.5) is 5.69 Å². The lowest BCUT2D eigenvalue weighted by molar-refractivity contribution is 1.10. The fraction of sp³-hybridized carbons (Fsp3) is 0. The van der Waals surface area contributed by atoms with Crippen LogP contribution in [-0.2, 0) is 0 Å². The van der Waals surface area contributed by atoms with Gasteiger partial charge in [0.05, 0.1) is 59.7 Å². The van der Waals surface area contributed by atoms with Crippen LogP contribution in [0.3, 0.4) is 0 Å². The average molecular weight is 929 g/mol. The predicted molar refractivity (Wildman–Crippen MR) is 296 cm³/mol. The maximum atomic E-state index is 12.2. The Hall–Kier alpha value is -8.56. The Balaban J connectivity index is 1.29. The highest BCUT2D eigenvalue weighted by Crippen LogP contribution is 2.55. The molecule has 15 aromatic rings. The van der Waals surface area contributed by atoms with Crippen LogP contribution < -0.4 is 0 Å². The predicted octanol–water partition coefficient (Wildman–Crippen LogP) is 18.7. The lowest BCUT2D eigenvalue weighted by atomic mass is 9.88. The van der Waals surface area contributed by atoms with Gasteiger partial charge in [0.15, 0.2) is 0 Å². The number of nitriles is 1. The number of fused-ring (bicyclic) bond motifs is 18. The summed E-state index contributed by atoms with van der Waals surface area (Å²) in [5, 5.41) is 23.8. The van der Waals surface area contributed by atoms with Crippen molar-refractivity contribution in [1.82, 2.24) is 9.13 Å². The van der Waals surface area contributed by atoms with Crippen LogP contribution in [0.2, 0.25) is 0 Å². The Morgan fingerprint density at radius 2 is 0.768 bits per heavy atom. The molecule has 0 aliphatic heterocycles. The molecule has 0 fully saturated rings. The zero-order chi connectivity index (χ0) is 45.5. The Morgan fingerprint density at radius 3 is 1.25 bits per heavy atom. The first-order chi connectivity index (χ1) is 34.2. The summed E-state index contributed by atoms with van der Waals surface area (Å²) in [4.78, 5) is 4.57. The van der Waals surface area contributed by atoms with Gasteiger partial charge in [-0.15, -0.1) is 34.0 Å². The summed E-state index contributed by atoms with van der Waals surface area (Å²) in [6.07, 6.45) is 0. The first-order valence-corrected chi connectivity index (χ1v) is 25.3. The fourth-order valence-corrected chi connectivity index (χ4v) is 15.1. The lowest BCUT2D eigenvalue weighted by Crippen LogP contribution is -2.10. The van der Waals surface area contributed by atoms with Gasteiger partial charge in [0.1, 0.15) is 6.07 Å². The standard InChI is InChI=1S/C62H32N4S3/c1-64-54-52(35-16-4-2-5-17-35)47(34-63)55(65-48-24-12-8-20-37(48)41-28-31-44-38-21-9-13-25-49(38)67-60(44)56(41)65)59(53(54)36-18-6-3-7-19-36)66-57-42(29-32-45-39-22-10-14-26-50(39)68-61(45)57)43-30-33-46-40-23-11-15-27-51(40)69-62(46)58(43)66/h2-33H. The number of thiophene rings is 3. The second kappa shape index (κ2) is 14.5. The molecule has 0 saturated carbocycles. The fourth-order valence-electron chi connectivity index (χ4n) is 11.4. The van der Waals surface area contributed by atoms with Crippen LogP contribution in [0.1, 0.15) is 5.56 Å². The van der Waals surface area contributed by atoms with Gasteiger partial charge in [-0.3, -0.25) is 0 Å². The van der Waals surface area contributed by atoms with E-state index in [4.69, 9.17) is 0 Å². The summed E-state index contributed by atoms with van der Waals surface area (Å²) < 4.78 is 12.0. The summed E-state index contributed by atoms with van der Waals surface area (Å²) in [5.41, 5.74) is 9.72. The summed E-state index contributed by atoms with van der Waals surface area (Å²) in [6.45, 7) is 9.33. The number of aromatic nitrogens is 2. The van der Waals surface area contributed by atoms with Crippen molar-refractivity contribution in [2.24, 2.45) is 0 Å². The highest BCUT2D eigenvalue weighted by atomic mass is 32.1. The zero-order valence-electron chi connectivity index (χ0n) is 36.5. The number of hydrogen-bond donors (Lipinski definition) is 0. The van der Waals surface area contributed by atoms with Crippen molar-refractivity contribution in [2.45, 2.75) is 0 Å². The monoisotopic (exact) mass is 928 g/mol. The van der Waals surface area contributed by atoms with Gasteiger partial charge in [-0.05, 0) is 35.4 Å². The third-order valence-electron chi connectivity index (χ3n) is 14.2. The molecule has 0 bridgehead atoms. The maximum absolute atomic E-state index is 12.2. The van der Waals surface area contributed by atoms with E-state index in [9.17, 15) is 11.8 Å². The molecule has 0 atom stereocenters. The third kappa shape index (κ3) is 5.19. The van der Waals surface area contributed by atoms with Crippen molar-refractivity contribution in [2.75, 3.05) is 0 Å². The van der Waals surface area contributed by atoms with Crippen LogP contribution >= 0.6 is 34.0 Å². The van der Waals surface area contributed by atoms with Crippen LogP contribution in [0.25, 0.3) is 143 Å². The van der Waals surface area contributed by atoms with E-state index in [-0.39, 0.29) is 0 Å². The summed E-state index contributed by atoms with van der Waals surface area (Å²) in [5.74, 6) is 0. The summed E-state index contributed by atoms with van der Waals surface area (Å²) in [7, 11) is 0. The van der Waals surface area contributed by atoms with Gasteiger partial charge >= 0.3 is 0 Å². The second-order valence-electron chi connectivity index (χ2n) is 17.6. The van der Waals surface area contributed by atoms with E-state index >= 15 is 0 Å². The van der Waals surface area contributed by atoms with Crippen molar-refractivity contribution in [3.8, 4) is 39.7 Å². The molecule has 5 heterocycles. The Kier molecular flexibility index (Phi) is 8.08. The molecular weight excluding hydrogens is 897 g/mol. The zero-order valence-corrected chi connectivity index (χ0v) is 38.9. The van der Waals surface area contributed by atoms with Crippen LogP contribution in [0.5, 0.6) is 0 Å². The Bertz CT molecular complexity index is 4670. The quantitative estimate of drug-likeness (QED) is 0.162. The van der Waals surface area contributed by atoms with E-state index in [1.165, 1.54) is 46.4 Å². The summed E-state index contributed by atoms with van der Waals surface area (Å²) in [6, 6.07) is 71.8. The number of nitrogens with zero attached hydrogens (tertiary/aromatic N) is 4. The van der Waals surface area contributed by atoms with E-state index in [1.807, 2.05) is 59.1 Å². The van der Waals surface area contributed by atoms with Gasteiger partial charge in [0, 0.05) is 79.1 Å². The maximum Gasteiger partial charge on any atom is 0.206 e. The molecule has 0 amide bonds. The number of benzene rings is 10. The highest BCUT2D eigenvalue weighted by molar-refractivity contribution is 7.27. The molecule has 69 heavy (non-hydrogen) atoms. The minimum atomic E-state index is 0.442. The highest BCUT2D eigenvalue weighted by Gasteiger charge is 2.33. The summed E-state index contributed by atoms with van der Waals surface area (Å²) >= 11 is 5.42. The Morgan fingerprint density at radius 1 is 0.377 bits per heavy atom. The first kappa shape index (κ1) is 38.5. The van der Waals surface area contributed by atoms with Crippen molar-refractivity contribution in [3.05, 3.63) is 211 Å². The molecule has 4 nitrogen and oxygen atoms in total. The molecule has 0 aliphatic carbocycles. The van der Waals surface area contributed by atoms with Crippen LogP contribution in [0.15, 0.2) is 194 Å². The molecule has 0 radical (unpaired) electrons. The van der Waals surface area contributed by atoms with E-state index in [0.717, 1.165) is 85.8 Å². The minimum Gasteiger partial charge on any atom is -0.305 e. The number of hydrogen-bond acceptors (Lipinski definition) is 4. The normalized spacial score (nSPS) is 12.0. The molecule has 0 saturated heterocycles. The molecule has 15 rings (SSSR count). The molecule has 0 N–H and O–H groups in total. The van der Waals surface area contributed by atoms with E-state index in [0.29, 0.717) is 16.8 Å². The third-order valence-corrected chi connectivity index (χ3v) is 17.8. The molecule has 0 unspecified atom stereocenters. The van der Waals surface area contributed by atoms with Crippen molar-refractivity contribution in [1.29, 1.82) is 5.26 Å². The van der Waals surface area contributed by atoms with Gasteiger partial charge in [0.2, 0.25) is 5.69 Å². The van der Waals surface area contributed by atoms with Crippen molar-refractivity contribution in [3.63, 3.8) is 0 Å². The van der Waals surface area contributed by atoms with Gasteiger partial charge in [-0.1, -0.05) is 170 Å². The smallest absolute Gasteiger partial charge is 0.206 e. The van der Waals surface area contributed by atoms with E-state index < -0.39 is 0 Å². The molecule has 5 aromatic heterocycles. The van der Waals surface area contributed by atoms with E-state index in [2.05, 4.69) is 178 Å². The molecule has 10 aromatic carbocycles. The van der Waals surface area contributed by atoms with E-state index in [1.54, 1.807) is 11.3 Å². The van der Waals surface area contributed by atoms with Crippen LogP contribution in [-0.4, -0.2) is 9.13 Å². The van der Waals surface area contributed by atoms with Gasteiger partial charge in [-0.2, -0.15) is 5.26 Å². The molecular formula is C62H32N4S3. The average Bonchev–Trinajstić information content (AvgIpc) is 4.23. The van der Waals surface area contributed by atoms with Crippen molar-refractivity contribution >= 4 is 144 Å². The SMILES string of the molecule is [C-]#[N+]c1c(-c2ccccc2)c(C#N)c(-n2c3ccccc3c3ccc4c5ccccc5sc4c32)c(-n2c3c(ccc4c5ccccc5sc43)c3ccc4c5ccccc5sc4c32)c1-c1ccccc1. The van der Waals surface area contributed by atoms with Crippen LogP contribution in [0, 0.1) is 17.9 Å². The number of rotatable bonds is 4. The molecule has 0 aliphatic rings. The second-order valence-corrected chi connectivity index (χ2v) is 20.8.